The first-order valence-corrected chi connectivity index (χ1v) is 12.6. The molecule has 0 amide bonds. The average Bonchev–Trinajstić information content (AvgIpc) is 2.92. The third-order valence-corrected chi connectivity index (χ3v) is 6.15. The van der Waals surface area contributed by atoms with Gasteiger partial charge in [0.05, 0.1) is 25.9 Å². The van der Waals surface area contributed by atoms with Gasteiger partial charge in [-0.05, 0) is 61.5 Å². The number of anilines is 1. The maximum absolute atomic E-state index is 13.4. The standard InChI is InChI=1S/C20H21N2O6P.C7H5NO/c1-15-14-22(13-12-20(15)21)28-29(23,26-18-8-4-16(24-2)5-9-18)27-19-10-6-17(25-3)7-11-19;8-5-6-2-1-3-7(9)4-6/h4-14,21H,1-3H3;1-4,9H. The van der Waals surface area contributed by atoms with Crippen molar-refractivity contribution >= 4 is 13.5 Å². The number of nitrogens with zero attached hydrogens (tertiary/aromatic N) is 2. The second kappa shape index (κ2) is 12.9. The number of phosphoric acid groups is 1. The third kappa shape index (κ3) is 8.08. The van der Waals surface area contributed by atoms with E-state index in [-0.39, 0.29) is 17.2 Å². The van der Waals surface area contributed by atoms with Crippen LogP contribution < -0.4 is 38.7 Å². The zero-order valence-corrected chi connectivity index (χ0v) is 21.8. The largest absolute Gasteiger partial charge is 0.872 e. The Bertz CT molecular complexity index is 1390. The van der Waals surface area contributed by atoms with Crippen LogP contribution in [0.25, 0.3) is 0 Å². The Hall–Kier alpha value is -4.87. The fourth-order valence-corrected chi connectivity index (χ4v) is 4.11. The van der Waals surface area contributed by atoms with E-state index < -0.39 is 7.82 Å². The fraction of sp³-hybridized carbons (Fsp3) is 0.111. The summed E-state index contributed by atoms with van der Waals surface area (Å²) in [7, 11) is -1.02. The summed E-state index contributed by atoms with van der Waals surface area (Å²) < 4.78 is 41.7. The number of methoxy groups -OCH3 is 2. The van der Waals surface area contributed by atoms with E-state index in [1.165, 1.54) is 23.1 Å². The van der Waals surface area contributed by atoms with E-state index in [1.54, 1.807) is 94.1 Å². The number of aryl methyl sites for hydroxylation is 1. The average molecular weight is 535 g/mol. The molecular formula is C27H26N3O7P. The monoisotopic (exact) mass is 535 g/mol. The van der Waals surface area contributed by atoms with Gasteiger partial charge < -0.3 is 29.4 Å². The first-order chi connectivity index (χ1) is 18.2. The lowest BCUT2D eigenvalue weighted by Gasteiger charge is -2.15. The van der Waals surface area contributed by atoms with Crippen LogP contribution in [-0.2, 0) is 4.57 Å². The van der Waals surface area contributed by atoms with Gasteiger partial charge in [-0.25, -0.2) is 0 Å². The molecule has 2 N–H and O–H groups in total. The summed E-state index contributed by atoms with van der Waals surface area (Å²) in [6.07, 6.45) is 3.10. The molecular weight excluding hydrogens is 509 g/mol. The molecule has 0 radical (unpaired) electrons. The number of benzene rings is 3. The van der Waals surface area contributed by atoms with Crippen molar-refractivity contribution in [3.63, 3.8) is 0 Å². The van der Waals surface area contributed by atoms with Crippen LogP contribution in [-0.4, -0.2) is 14.2 Å². The molecule has 11 heteroatoms. The molecule has 0 spiro atoms. The summed E-state index contributed by atoms with van der Waals surface area (Å²) in [6, 6.07) is 22.5. The van der Waals surface area contributed by atoms with Gasteiger partial charge in [0.2, 0.25) is 12.4 Å². The Morgan fingerprint density at radius 1 is 0.868 bits per heavy atom. The van der Waals surface area contributed by atoms with Crippen LogP contribution in [0.2, 0.25) is 0 Å². The van der Waals surface area contributed by atoms with Crippen molar-refractivity contribution in [3.05, 3.63) is 102 Å². The quantitative estimate of drug-likeness (QED) is 0.260. The van der Waals surface area contributed by atoms with Gasteiger partial charge >= 0.3 is 7.82 Å². The summed E-state index contributed by atoms with van der Waals surface area (Å²) in [6.45, 7) is 1.80. The predicted octanol–water partition coefficient (Wildman–Crippen LogP) is 4.21. The van der Waals surface area contributed by atoms with Crippen molar-refractivity contribution in [2.45, 2.75) is 6.92 Å². The summed E-state index contributed by atoms with van der Waals surface area (Å²) in [4.78, 5) is 0. The van der Waals surface area contributed by atoms with Crippen molar-refractivity contribution in [1.82, 2.24) is 0 Å². The van der Waals surface area contributed by atoms with E-state index in [2.05, 4.69) is 0 Å². The number of hydrogen-bond donors (Lipinski definition) is 1. The van der Waals surface area contributed by atoms with Crippen LogP contribution in [0.15, 0.2) is 91.3 Å². The number of aromatic nitrogens is 1. The van der Waals surface area contributed by atoms with E-state index in [4.69, 9.17) is 34.1 Å². The summed E-state index contributed by atoms with van der Waals surface area (Å²) in [5.74, 6) is 1.72. The van der Waals surface area contributed by atoms with Gasteiger partial charge in [-0.2, -0.15) is 9.83 Å². The minimum absolute atomic E-state index is 0.117. The molecule has 38 heavy (non-hydrogen) atoms. The van der Waals surface area contributed by atoms with E-state index in [1.807, 2.05) is 6.07 Å². The summed E-state index contributed by atoms with van der Waals surface area (Å²) >= 11 is 0. The highest BCUT2D eigenvalue weighted by molar-refractivity contribution is 7.49. The van der Waals surface area contributed by atoms with Gasteiger partial charge in [0, 0.05) is 22.0 Å². The Morgan fingerprint density at radius 3 is 1.82 bits per heavy atom. The third-order valence-electron chi connectivity index (χ3n) is 4.89. The lowest BCUT2D eigenvalue weighted by molar-refractivity contribution is -0.860. The Labute approximate surface area is 220 Å². The molecule has 1 heterocycles. The summed E-state index contributed by atoms with van der Waals surface area (Å²) in [5.41, 5.74) is 7.57. The van der Waals surface area contributed by atoms with Crippen molar-refractivity contribution in [2.75, 3.05) is 20.0 Å². The second-order valence-electron chi connectivity index (χ2n) is 7.65. The van der Waals surface area contributed by atoms with Gasteiger partial charge in [-0.3, -0.25) is 0 Å². The number of ether oxygens (including phenoxy) is 2. The molecule has 0 fully saturated rings. The highest BCUT2D eigenvalue weighted by Crippen LogP contribution is 2.46. The molecule has 3 aromatic carbocycles. The Morgan fingerprint density at radius 2 is 1.39 bits per heavy atom. The number of hydrogen-bond acceptors (Lipinski definition) is 9. The molecule has 0 aliphatic carbocycles. The maximum Gasteiger partial charge on any atom is 0.700 e. The predicted molar refractivity (Wildman–Crippen MR) is 138 cm³/mol. The highest BCUT2D eigenvalue weighted by atomic mass is 31.2. The van der Waals surface area contributed by atoms with Crippen LogP contribution in [0.5, 0.6) is 28.7 Å². The molecule has 196 valence electrons. The van der Waals surface area contributed by atoms with E-state index >= 15 is 0 Å². The van der Waals surface area contributed by atoms with Gasteiger partial charge in [-0.1, -0.05) is 18.2 Å². The van der Waals surface area contributed by atoms with E-state index in [9.17, 15) is 9.67 Å². The van der Waals surface area contributed by atoms with Gasteiger partial charge in [0.1, 0.15) is 23.0 Å². The maximum atomic E-state index is 13.4. The van der Waals surface area contributed by atoms with Crippen LogP contribution in [0.4, 0.5) is 5.69 Å². The van der Waals surface area contributed by atoms with Gasteiger partial charge in [0.15, 0.2) is 0 Å². The van der Waals surface area contributed by atoms with Crippen molar-refractivity contribution in [3.8, 4) is 34.8 Å². The zero-order valence-electron chi connectivity index (χ0n) is 20.9. The molecule has 0 unspecified atom stereocenters. The molecule has 0 bridgehead atoms. The molecule has 0 aliphatic rings. The first kappa shape index (κ1) is 27.7. The number of phosphoric ester groups is 1. The van der Waals surface area contributed by atoms with E-state index in [0.717, 1.165) is 5.56 Å². The van der Waals surface area contributed by atoms with Crippen LogP contribution in [0.3, 0.4) is 0 Å². The fourth-order valence-electron chi connectivity index (χ4n) is 2.91. The number of nitrogens with two attached hydrogens (primary N) is 1. The number of rotatable bonds is 8. The topological polar surface area (TPSA) is 140 Å². The van der Waals surface area contributed by atoms with Crippen LogP contribution in [0.1, 0.15) is 11.1 Å². The highest BCUT2D eigenvalue weighted by Gasteiger charge is 2.38. The van der Waals surface area contributed by atoms with Crippen molar-refractivity contribution in [1.29, 1.82) is 5.26 Å². The number of pyridine rings is 1. The molecule has 0 atom stereocenters. The first-order valence-electron chi connectivity index (χ1n) is 11.2. The smallest absolute Gasteiger partial charge is 0.700 e. The molecule has 0 aliphatic heterocycles. The zero-order chi connectivity index (χ0) is 27.5. The lowest BCUT2D eigenvalue weighted by atomic mass is 10.2. The summed E-state index contributed by atoms with van der Waals surface area (Å²) in [5, 5.41) is 18.8. The van der Waals surface area contributed by atoms with Crippen LogP contribution >= 0.6 is 7.82 Å². The minimum Gasteiger partial charge on any atom is -0.872 e. The van der Waals surface area contributed by atoms with Gasteiger partial charge in [0.25, 0.3) is 0 Å². The van der Waals surface area contributed by atoms with Crippen LogP contribution in [0, 0.1) is 18.3 Å². The van der Waals surface area contributed by atoms with E-state index in [0.29, 0.717) is 22.7 Å². The molecule has 4 aromatic rings. The SMILES string of the molecule is COc1ccc(OP(=O)(Oc2ccc(OC)cc2)O[n+]2ccc(N)c(C)c2)cc1.N#Cc1cccc([O-])c1. The normalized spacial score (nSPS) is 10.3. The number of nitrogen functional groups attached to an aromatic ring is 1. The lowest BCUT2D eigenvalue weighted by Crippen LogP contribution is -2.42. The minimum atomic E-state index is -4.13. The second-order valence-corrected chi connectivity index (χ2v) is 9.07. The molecule has 0 saturated heterocycles. The van der Waals surface area contributed by atoms with Gasteiger partial charge in [-0.15, -0.1) is 10.4 Å². The van der Waals surface area contributed by atoms with Crippen molar-refractivity contribution in [2.24, 2.45) is 0 Å². The van der Waals surface area contributed by atoms with Crippen molar-refractivity contribution < 1.29 is 37.5 Å². The number of nitriles is 1. The molecule has 4 rings (SSSR count). The Kier molecular flexibility index (Phi) is 9.41. The molecule has 0 saturated carbocycles. The molecule has 10 nitrogen and oxygen atoms in total. The molecule has 1 aromatic heterocycles. The Balaban J connectivity index is 0.000000375.